The van der Waals surface area contributed by atoms with E-state index in [1.165, 1.54) is 10.8 Å². The molecule has 4 aromatic rings. The monoisotopic (exact) mass is 439 g/mol. The highest BCUT2D eigenvalue weighted by atomic mass is 16.5. The number of anilines is 1. The van der Waals surface area contributed by atoms with Crippen LogP contribution in [-0.4, -0.2) is 14.2 Å². The first-order valence-corrected chi connectivity index (χ1v) is 11.0. The number of allylic oxidation sites excluding steroid dienone is 1. The Labute approximate surface area is 195 Å². The van der Waals surface area contributed by atoms with E-state index < -0.39 is 0 Å². The normalized spacial score (nSPS) is 10.6. The lowest BCUT2D eigenvalue weighted by Crippen LogP contribution is -2.05. The van der Waals surface area contributed by atoms with Gasteiger partial charge in [0.2, 0.25) is 0 Å². The summed E-state index contributed by atoms with van der Waals surface area (Å²) in [5, 5.41) is 5.86. The van der Waals surface area contributed by atoms with E-state index in [-0.39, 0.29) is 0 Å². The lowest BCUT2D eigenvalue weighted by Gasteiger charge is -2.18. The molecule has 0 fully saturated rings. The molecule has 0 aromatic heterocycles. The van der Waals surface area contributed by atoms with Gasteiger partial charge in [-0.3, -0.25) is 0 Å². The molecule has 0 saturated heterocycles. The summed E-state index contributed by atoms with van der Waals surface area (Å²) < 4.78 is 17.3. The van der Waals surface area contributed by atoms with Gasteiger partial charge < -0.3 is 19.5 Å². The summed E-state index contributed by atoms with van der Waals surface area (Å²) in [6.07, 6.45) is 2.58. The summed E-state index contributed by atoms with van der Waals surface area (Å²) in [7, 11) is 3.35. The minimum Gasteiger partial charge on any atom is -0.497 e. The van der Waals surface area contributed by atoms with Gasteiger partial charge in [0.1, 0.15) is 12.4 Å². The maximum atomic E-state index is 6.34. The molecule has 0 aliphatic heterocycles. The van der Waals surface area contributed by atoms with E-state index in [0.29, 0.717) is 19.6 Å². The number of hydrogen-bond donors (Lipinski definition) is 1. The van der Waals surface area contributed by atoms with Gasteiger partial charge in [-0.1, -0.05) is 48.5 Å². The molecule has 0 bridgehead atoms. The van der Waals surface area contributed by atoms with Crippen molar-refractivity contribution in [2.75, 3.05) is 19.5 Å². The lowest BCUT2D eigenvalue weighted by molar-refractivity contribution is 0.283. The second kappa shape index (κ2) is 10.6. The van der Waals surface area contributed by atoms with E-state index in [9.17, 15) is 0 Å². The van der Waals surface area contributed by atoms with Crippen LogP contribution in [0.5, 0.6) is 17.2 Å². The number of hydrogen-bond acceptors (Lipinski definition) is 4. The van der Waals surface area contributed by atoms with Crippen LogP contribution in [0.3, 0.4) is 0 Å². The van der Waals surface area contributed by atoms with Crippen LogP contribution in [0, 0.1) is 0 Å². The SMILES string of the molecule is C=CCc1cc(CNc2ccc(OC)cc2)cc(OC)c1OCc1cccc2ccccc12. The minimum atomic E-state index is 0.464. The van der Waals surface area contributed by atoms with Gasteiger partial charge in [-0.25, -0.2) is 0 Å². The lowest BCUT2D eigenvalue weighted by atomic mass is 10.0. The van der Waals surface area contributed by atoms with Crippen molar-refractivity contribution in [1.29, 1.82) is 0 Å². The zero-order valence-electron chi connectivity index (χ0n) is 19.1. The first kappa shape index (κ1) is 22.3. The molecule has 1 N–H and O–H groups in total. The van der Waals surface area contributed by atoms with E-state index in [1.54, 1.807) is 14.2 Å². The molecule has 0 radical (unpaired) electrons. The number of nitrogens with one attached hydrogen (secondary N) is 1. The van der Waals surface area contributed by atoms with Gasteiger partial charge >= 0.3 is 0 Å². The fraction of sp³-hybridized carbons (Fsp3) is 0.172. The number of fused-ring (bicyclic) bond motifs is 1. The molecule has 0 spiro atoms. The number of methoxy groups -OCH3 is 2. The first-order valence-electron chi connectivity index (χ1n) is 11.0. The smallest absolute Gasteiger partial charge is 0.165 e. The topological polar surface area (TPSA) is 39.7 Å². The number of benzene rings is 4. The van der Waals surface area contributed by atoms with E-state index in [4.69, 9.17) is 14.2 Å². The van der Waals surface area contributed by atoms with Crippen molar-refractivity contribution in [3.63, 3.8) is 0 Å². The van der Waals surface area contributed by atoms with Crippen LogP contribution in [0.1, 0.15) is 16.7 Å². The van der Waals surface area contributed by atoms with E-state index in [0.717, 1.165) is 39.6 Å². The average molecular weight is 440 g/mol. The molecule has 4 aromatic carbocycles. The summed E-state index contributed by atoms with van der Waals surface area (Å²) in [5.41, 5.74) is 4.33. The van der Waals surface area contributed by atoms with Gasteiger partial charge in [0.15, 0.2) is 11.5 Å². The third kappa shape index (κ3) is 5.29. The van der Waals surface area contributed by atoms with Gasteiger partial charge in [-0.15, -0.1) is 6.58 Å². The molecule has 0 heterocycles. The van der Waals surface area contributed by atoms with Gasteiger partial charge in [0.05, 0.1) is 14.2 Å². The highest BCUT2D eigenvalue weighted by molar-refractivity contribution is 5.85. The van der Waals surface area contributed by atoms with Crippen molar-refractivity contribution in [2.24, 2.45) is 0 Å². The van der Waals surface area contributed by atoms with Gasteiger partial charge in [-0.05, 0) is 64.7 Å². The largest absolute Gasteiger partial charge is 0.497 e. The summed E-state index contributed by atoms with van der Waals surface area (Å²) >= 11 is 0. The predicted octanol–water partition coefficient (Wildman–Crippen LogP) is 6.78. The quantitative estimate of drug-likeness (QED) is 0.277. The molecule has 4 heteroatoms. The van der Waals surface area contributed by atoms with Crippen molar-refractivity contribution in [2.45, 2.75) is 19.6 Å². The van der Waals surface area contributed by atoms with Gasteiger partial charge in [-0.2, -0.15) is 0 Å². The predicted molar refractivity (Wildman–Crippen MR) is 135 cm³/mol. The fourth-order valence-electron chi connectivity index (χ4n) is 3.93. The highest BCUT2D eigenvalue weighted by Gasteiger charge is 2.14. The maximum absolute atomic E-state index is 6.34. The van der Waals surface area contributed by atoms with E-state index in [2.05, 4.69) is 60.4 Å². The zero-order valence-corrected chi connectivity index (χ0v) is 19.1. The molecule has 0 unspecified atom stereocenters. The second-order valence-electron chi connectivity index (χ2n) is 7.79. The fourth-order valence-corrected chi connectivity index (χ4v) is 3.93. The zero-order chi connectivity index (χ0) is 23.0. The van der Waals surface area contributed by atoms with Crippen LogP contribution < -0.4 is 19.5 Å². The molecule has 0 saturated carbocycles. The Bertz CT molecular complexity index is 1230. The molecule has 4 nitrogen and oxygen atoms in total. The van der Waals surface area contributed by atoms with Crippen LogP contribution in [0.25, 0.3) is 10.8 Å². The van der Waals surface area contributed by atoms with Crippen LogP contribution >= 0.6 is 0 Å². The second-order valence-corrected chi connectivity index (χ2v) is 7.79. The Kier molecular flexibility index (Phi) is 7.16. The van der Waals surface area contributed by atoms with Crippen molar-refractivity contribution in [3.05, 3.63) is 108 Å². The van der Waals surface area contributed by atoms with Crippen LogP contribution in [0.15, 0.2) is 91.5 Å². The van der Waals surface area contributed by atoms with Crippen molar-refractivity contribution in [3.8, 4) is 17.2 Å². The van der Waals surface area contributed by atoms with Crippen LogP contribution in [0.4, 0.5) is 5.69 Å². The molecule has 4 rings (SSSR count). The molecule has 168 valence electrons. The molecule has 0 aliphatic carbocycles. The maximum Gasteiger partial charge on any atom is 0.165 e. The Morgan fingerprint density at radius 3 is 2.39 bits per heavy atom. The van der Waals surface area contributed by atoms with E-state index in [1.807, 2.05) is 36.4 Å². The molecule has 0 atom stereocenters. The summed E-state index contributed by atoms with van der Waals surface area (Å²) in [6.45, 7) is 5.05. The third-order valence-corrected chi connectivity index (χ3v) is 5.61. The Morgan fingerprint density at radius 1 is 0.848 bits per heavy atom. The minimum absolute atomic E-state index is 0.464. The van der Waals surface area contributed by atoms with Gasteiger partial charge in [0, 0.05) is 17.8 Å². The molecule has 0 aliphatic rings. The van der Waals surface area contributed by atoms with Crippen molar-refractivity contribution >= 4 is 16.5 Å². The third-order valence-electron chi connectivity index (χ3n) is 5.61. The Hall–Kier alpha value is -3.92. The van der Waals surface area contributed by atoms with Crippen LogP contribution in [0.2, 0.25) is 0 Å². The Morgan fingerprint density at radius 2 is 1.64 bits per heavy atom. The molecule has 33 heavy (non-hydrogen) atoms. The molecule has 0 amide bonds. The standard InChI is InChI=1S/C29H29NO3/c1-4-8-23-17-21(19-30-25-13-15-26(31-2)16-14-25)18-28(32-3)29(23)33-20-24-11-7-10-22-9-5-6-12-27(22)24/h4-7,9-18,30H,1,8,19-20H2,2-3H3. The summed E-state index contributed by atoms with van der Waals surface area (Å²) in [6, 6.07) is 26.7. The summed E-state index contributed by atoms with van der Waals surface area (Å²) in [5.74, 6) is 2.32. The molecular weight excluding hydrogens is 410 g/mol. The molecular formula is C29H29NO3. The Balaban J connectivity index is 1.56. The first-order chi connectivity index (χ1) is 16.2. The summed E-state index contributed by atoms with van der Waals surface area (Å²) in [4.78, 5) is 0. The van der Waals surface area contributed by atoms with Crippen molar-refractivity contribution < 1.29 is 14.2 Å². The van der Waals surface area contributed by atoms with Crippen molar-refractivity contribution in [1.82, 2.24) is 0 Å². The van der Waals surface area contributed by atoms with Crippen LogP contribution in [-0.2, 0) is 19.6 Å². The number of ether oxygens (including phenoxy) is 3. The number of rotatable bonds is 10. The average Bonchev–Trinajstić information content (AvgIpc) is 2.87. The van der Waals surface area contributed by atoms with E-state index >= 15 is 0 Å². The van der Waals surface area contributed by atoms with Gasteiger partial charge in [0.25, 0.3) is 0 Å². The highest BCUT2D eigenvalue weighted by Crippen LogP contribution is 2.35.